The highest BCUT2D eigenvalue weighted by Crippen LogP contribution is 2.43. The average molecular weight is 462 g/mol. The van der Waals surface area contributed by atoms with Crippen molar-refractivity contribution >= 4 is 14.9 Å². The molecule has 2 aromatic rings. The average Bonchev–Trinajstić information content (AvgIpc) is 3.07. The maximum absolute atomic E-state index is 5.86. The van der Waals surface area contributed by atoms with Gasteiger partial charge in [-0.25, -0.2) is 0 Å². The molecule has 0 bridgehead atoms. The molecule has 0 amide bonds. The van der Waals surface area contributed by atoms with Gasteiger partial charge in [0.05, 0.1) is 14.4 Å². The van der Waals surface area contributed by atoms with Gasteiger partial charge >= 0.3 is 0 Å². The van der Waals surface area contributed by atoms with Crippen LogP contribution in [-0.2, 0) is 10.2 Å². The first kappa shape index (κ1) is 26.0. The minimum absolute atomic E-state index is 0.00715. The SMILES string of the molecule is CC1=Cc2c(-c3ccc(C(C)(C)C)cc3)cccc2C1[Si](C)CCCCCCOC(C)(C)C. The highest BCUT2D eigenvalue weighted by Gasteiger charge is 2.29. The second-order valence-corrected chi connectivity index (χ2v) is 14.7. The van der Waals surface area contributed by atoms with E-state index in [1.54, 1.807) is 11.1 Å². The summed E-state index contributed by atoms with van der Waals surface area (Å²) < 4.78 is 5.86. The molecule has 1 radical (unpaired) electrons. The fourth-order valence-electron chi connectivity index (χ4n) is 4.99. The molecule has 0 aromatic heterocycles. The molecule has 0 saturated carbocycles. The van der Waals surface area contributed by atoms with Gasteiger partial charge in [-0.05, 0) is 72.9 Å². The lowest BCUT2D eigenvalue weighted by molar-refractivity contribution is -0.00471. The van der Waals surface area contributed by atoms with Crippen molar-refractivity contribution in [3.8, 4) is 11.1 Å². The Bertz CT molecular complexity index is 940. The van der Waals surface area contributed by atoms with Crippen molar-refractivity contribution in [2.45, 2.75) is 103 Å². The number of fused-ring (bicyclic) bond motifs is 1. The largest absolute Gasteiger partial charge is 0.376 e. The summed E-state index contributed by atoms with van der Waals surface area (Å²) in [6.07, 6.45) is 7.64. The molecule has 0 fully saturated rings. The van der Waals surface area contributed by atoms with E-state index < -0.39 is 8.80 Å². The van der Waals surface area contributed by atoms with Crippen molar-refractivity contribution in [1.82, 2.24) is 0 Å². The van der Waals surface area contributed by atoms with Gasteiger partial charge in [-0.2, -0.15) is 0 Å². The fraction of sp³-hybridized carbons (Fsp3) is 0.548. The molecule has 0 heterocycles. The number of hydrogen-bond donors (Lipinski definition) is 0. The number of allylic oxidation sites excluding steroid dienone is 1. The summed E-state index contributed by atoms with van der Waals surface area (Å²) in [5, 5.41) is 0. The third-order valence-corrected chi connectivity index (χ3v) is 9.73. The first-order chi connectivity index (χ1) is 15.5. The Labute approximate surface area is 205 Å². The van der Waals surface area contributed by atoms with Crippen LogP contribution in [0.25, 0.3) is 17.2 Å². The molecule has 0 spiro atoms. The van der Waals surface area contributed by atoms with E-state index >= 15 is 0 Å². The first-order valence-corrected chi connectivity index (χ1v) is 15.1. The molecular weight excluding hydrogens is 416 g/mol. The number of rotatable bonds is 9. The molecule has 2 heteroatoms. The second-order valence-electron chi connectivity index (χ2n) is 11.9. The molecule has 0 aliphatic heterocycles. The number of benzene rings is 2. The van der Waals surface area contributed by atoms with Crippen molar-refractivity contribution in [2.24, 2.45) is 0 Å². The van der Waals surface area contributed by atoms with Crippen LogP contribution in [0.3, 0.4) is 0 Å². The Morgan fingerprint density at radius 2 is 1.52 bits per heavy atom. The lowest BCUT2D eigenvalue weighted by Crippen LogP contribution is -2.20. The summed E-state index contributed by atoms with van der Waals surface area (Å²) in [6.45, 7) is 19.1. The second kappa shape index (κ2) is 10.7. The summed E-state index contributed by atoms with van der Waals surface area (Å²) in [7, 11) is -0.466. The summed E-state index contributed by atoms with van der Waals surface area (Å²) in [5.41, 5.74) is 9.57. The monoisotopic (exact) mass is 461 g/mol. The number of unbranched alkanes of at least 4 members (excludes halogenated alkanes) is 3. The molecule has 33 heavy (non-hydrogen) atoms. The maximum Gasteiger partial charge on any atom is 0.0598 e. The molecule has 1 unspecified atom stereocenters. The van der Waals surface area contributed by atoms with Crippen molar-refractivity contribution in [1.29, 1.82) is 0 Å². The van der Waals surface area contributed by atoms with E-state index in [0.29, 0.717) is 5.54 Å². The third-order valence-electron chi connectivity index (χ3n) is 6.83. The van der Waals surface area contributed by atoms with E-state index in [1.807, 2.05) is 0 Å². The van der Waals surface area contributed by atoms with Crippen LogP contribution in [0.1, 0.15) is 96.4 Å². The Balaban J connectivity index is 1.62. The van der Waals surface area contributed by atoms with Crippen LogP contribution in [0.2, 0.25) is 12.6 Å². The van der Waals surface area contributed by atoms with Gasteiger partial charge in [0.2, 0.25) is 0 Å². The van der Waals surface area contributed by atoms with Gasteiger partial charge in [0.25, 0.3) is 0 Å². The van der Waals surface area contributed by atoms with Gasteiger partial charge < -0.3 is 4.74 Å². The summed E-state index contributed by atoms with van der Waals surface area (Å²) in [6, 6.07) is 17.6. The zero-order valence-corrected chi connectivity index (χ0v) is 23.3. The molecule has 2 aromatic carbocycles. The highest BCUT2D eigenvalue weighted by molar-refractivity contribution is 6.60. The predicted octanol–water partition coefficient (Wildman–Crippen LogP) is 9.19. The van der Waals surface area contributed by atoms with E-state index in [1.165, 1.54) is 54.0 Å². The zero-order valence-electron chi connectivity index (χ0n) is 22.3. The van der Waals surface area contributed by atoms with Crippen LogP contribution in [0.15, 0.2) is 48.0 Å². The van der Waals surface area contributed by atoms with E-state index in [2.05, 4.69) is 104 Å². The van der Waals surface area contributed by atoms with E-state index in [4.69, 9.17) is 4.74 Å². The molecule has 1 atom stereocenters. The van der Waals surface area contributed by atoms with E-state index in [-0.39, 0.29) is 11.0 Å². The third kappa shape index (κ3) is 6.93. The Morgan fingerprint density at radius 1 is 0.848 bits per heavy atom. The quantitative estimate of drug-likeness (QED) is 0.267. The van der Waals surface area contributed by atoms with Crippen LogP contribution in [-0.4, -0.2) is 21.0 Å². The van der Waals surface area contributed by atoms with Gasteiger partial charge in [0, 0.05) is 6.61 Å². The van der Waals surface area contributed by atoms with Gasteiger partial charge in [-0.1, -0.05) is 107 Å². The van der Waals surface area contributed by atoms with Crippen LogP contribution in [0, 0.1) is 0 Å². The maximum atomic E-state index is 5.86. The normalized spacial score (nSPS) is 16.3. The number of ether oxygens (including phenoxy) is 1. The van der Waals surface area contributed by atoms with Crippen LogP contribution < -0.4 is 0 Å². The lowest BCUT2D eigenvalue weighted by Gasteiger charge is -2.22. The van der Waals surface area contributed by atoms with Crippen LogP contribution in [0.5, 0.6) is 0 Å². The molecule has 1 aliphatic carbocycles. The van der Waals surface area contributed by atoms with Crippen molar-refractivity contribution < 1.29 is 4.74 Å². The lowest BCUT2D eigenvalue weighted by atomic mass is 9.86. The summed E-state index contributed by atoms with van der Waals surface area (Å²) in [5.74, 6) is 0. The minimum atomic E-state index is -0.466. The van der Waals surface area contributed by atoms with E-state index in [0.717, 1.165) is 6.61 Å². The van der Waals surface area contributed by atoms with E-state index in [9.17, 15) is 0 Å². The minimum Gasteiger partial charge on any atom is -0.376 e. The number of hydrogen-bond acceptors (Lipinski definition) is 1. The first-order valence-electron chi connectivity index (χ1n) is 12.9. The molecule has 179 valence electrons. The smallest absolute Gasteiger partial charge is 0.0598 e. The van der Waals surface area contributed by atoms with Gasteiger partial charge in [0.15, 0.2) is 0 Å². The van der Waals surface area contributed by atoms with Crippen molar-refractivity contribution in [2.75, 3.05) is 6.61 Å². The Morgan fingerprint density at radius 3 is 2.15 bits per heavy atom. The summed E-state index contributed by atoms with van der Waals surface area (Å²) in [4.78, 5) is 0. The molecule has 1 nitrogen and oxygen atoms in total. The van der Waals surface area contributed by atoms with Gasteiger partial charge in [-0.15, -0.1) is 0 Å². The topological polar surface area (TPSA) is 9.23 Å². The standard InChI is InChI=1S/C31H45OSi/c1-23-22-28-26(24-16-18-25(19-17-24)30(2,3)4)14-13-15-27(28)29(23)33(8)21-12-10-9-11-20-32-31(5,6)7/h13-19,22,29H,9-12,20-21H2,1-8H3. The Kier molecular flexibility index (Phi) is 8.45. The molecule has 1 aliphatic rings. The van der Waals surface area contributed by atoms with Gasteiger partial charge in [0.1, 0.15) is 0 Å². The van der Waals surface area contributed by atoms with Crippen molar-refractivity contribution in [3.63, 3.8) is 0 Å². The van der Waals surface area contributed by atoms with Crippen molar-refractivity contribution in [3.05, 3.63) is 64.7 Å². The molecule has 0 N–H and O–H groups in total. The van der Waals surface area contributed by atoms with Gasteiger partial charge in [-0.3, -0.25) is 0 Å². The van der Waals surface area contributed by atoms with Crippen LogP contribution >= 0.6 is 0 Å². The molecular formula is C31H45OSi. The van der Waals surface area contributed by atoms with Crippen LogP contribution in [0.4, 0.5) is 0 Å². The zero-order chi connectivity index (χ0) is 24.2. The fourth-order valence-corrected chi connectivity index (χ4v) is 7.73. The molecule has 3 rings (SSSR count). The summed E-state index contributed by atoms with van der Waals surface area (Å²) >= 11 is 0. The highest BCUT2D eigenvalue weighted by atomic mass is 28.3. The molecule has 0 saturated heterocycles. The Hall–Kier alpha value is -1.64. The predicted molar refractivity (Wildman–Crippen MR) is 148 cm³/mol.